The lowest BCUT2D eigenvalue weighted by molar-refractivity contribution is 0.221. The van der Waals surface area contributed by atoms with E-state index < -0.39 is 0 Å². The zero-order valence-corrected chi connectivity index (χ0v) is 19.1. The highest BCUT2D eigenvalue weighted by Gasteiger charge is 2.16. The summed E-state index contributed by atoms with van der Waals surface area (Å²) < 4.78 is 5.35. The minimum Gasteiger partial charge on any atom is -0.361 e. The van der Waals surface area contributed by atoms with Gasteiger partial charge in [0.15, 0.2) is 0 Å². The zero-order valence-electron chi connectivity index (χ0n) is 19.1. The molecule has 1 fully saturated rings. The number of fused-ring (bicyclic) bond motifs is 3. The highest BCUT2D eigenvalue weighted by atomic mass is 16.5. The largest absolute Gasteiger partial charge is 0.361 e. The third-order valence-electron chi connectivity index (χ3n) is 6.77. The molecular weight excluding hydrogens is 410 g/mol. The first-order valence-electron chi connectivity index (χ1n) is 11.7. The number of likely N-dealkylation sites (tertiary alicyclic amines) is 1. The van der Waals surface area contributed by atoms with E-state index in [-0.39, 0.29) is 0 Å². The maximum atomic E-state index is 5.35. The van der Waals surface area contributed by atoms with Gasteiger partial charge in [0.25, 0.3) is 0 Å². The minimum atomic E-state index is 0.780. The topological polar surface area (TPSA) is 70.8 Å². The monoisotopic (exact) mass is 437 g/mol. The van der Waals surface area contributed by atoms with E-state index in [1.54, 1.807) is 0 Å². The van der Waals surface area contributed by atoms with Crippen LogP contribution in [0.5, 0.6) is 0 Å². The summed E-state index contributed by atoms with van der Waals surface area (Å²) >= 11 is 0. The van der Waals surface area contributed by atoms with E-state index in [0.29, 0.717) is 0 Å². The maximum absolute atomic E-state index is 5.35. The van der Waals surface area contributed by atoms with Gasteiger partial charge in [0.05, 0.1) is 28.7 Å². The van der Waals surface area contributed by atoms with Gasteiger partial charge >= 0.3 is 0 Å². The van der Waals surface area contributed by atoms with Crippen molar-refractivity contribution >= 4 is 21.9 Å². The summed E-state index contributed by atoms with van der Waals surface area (Å²) in [5.41, 5.74) is 8.19. The Bertz CT molecular complexity index is 1420. The van der Waals surface area contributed by atoms with Crippen LogP contribution in [0.1, 0.15) is 36.3 Å². The number of hydrogen-bond acceptors (Lipinski definition) is 5. The molecule has 0 spiro atoms. The Morgan fingerprint density at radius 3 is 2.48 bits per heavy atom. The normalized spacial score (nSPS) is 15.0. The number of benzene rings is 1. The quantitative estimate of drug-likeness (QED) is 0.371. The van der Waals surface area contributed by atoms with Gasteiger partial charge in [-0.15, -0.1) is 0 Å². The van der Waals surface area contributed by atoms with E-state index >= 15 is 0 Å². The molecule has 4 aromatic heterocycles. The van der Waals surface area contributed by atoms with Gasteiger partial charge in [-0.25, -0.2) is 4.98 Å². The number of pyridine rings is 2. The Morgan fingerprint density at radius 2 is 1.73 bits per heavy atom. The second-order valence-electron chi connectivity index (χ2n) is 9.09. The van der Waals surface area contributed by atoms with Gasteiger partial charge in [-0.2, -0.15) is 0 Å². The van der Waals surface area contributed by atoms with Gasteiger partial charge in [0, 0.05) is 29.1 Å². The molecule has 5 heterocycles. The predicted molar refractivity (Wildman–Crippen MR) is 131 cm³/mol. The van der Waals surface area contributed by atoms with Crippen LogP contribution in [-0.4, -0.2) is 38.1 Å². The fraction of sp³-hybridized carbons (Fsp3) is 0.296. The zero-order chi connectivity index (χ0) is 22.4. The van der Waals surface area contributed by atoms with E-state index in [4.69, 9.17) is 9.51 Å². The van der Waals surface area contributed by atoms with Crippen molar-refractivity contribution in [1.82, 2.24) is 25.0 Å². The molecule has 0 unspecified atom stereocenters. The molecular formula is C27H27N5O. The summed E-state index contributed by atoms with van der Waals surface area (Å²) in [6, 6.07) is 13.3. The molecule has 33 heavy (non-hydrogen) atoms. The number of hydrogen-bond donors (Lipinski definition) is 1. The van der Waals surface area contributed by atoms with Crippen molar-refractivity contribution in [2.45, 2.75) is 39.7 Å². The SMILES string of the molecule is Cc1noc(C)c1-c1cc2c(cn1)[nH]c1ncc(-c3ccc(CN4CCCCC4)cc3)cc12. The maximum Gasteiger partial charge on any atom is 0.143 e. The van der Waals surface area contributed by atoms with Crippen LogP contribution in [0.2, 0.25) is 0 Å². The lowest BCUT2D eigenvalue weighted by Gasteiger charge is -2.26. The van der Waals surface area contributed by atoms with Crippen molar-refractivity contribution < 1.29 is 4.52 Å². The number of H-pyrrole nitrogens is 1. The van der Waals surface area contributed by atoms with Crippen molar-refractivity contribution in [2.75, 3.05) is 13.1 Å². The van der Waals surface area contributed by atoms with Crippen LogP contribution in [0.25, 0.3) is 44.3 Å². The average molecular weight is 438 g/mol. The highest BCUT2D eigenvalue weighted by molar-refractivity contribution is 6.07. The molecule has 0 amide bonds. The molecule has 5 aromatic rings. The lowest BCUT2D eigenvalue weighted by Crippen LogP contribution is -2.28. The molecule has 0 atom stereocenters. The Labute approximate surface area is 192 Å². The first-order chi connectivity index (χ1) is 16.2. The average Bonchev–Trinajstić information content (AvgIpc) is 3.38. The van der Waals surface area contributed by atoms with Crippen LogP contribution in [0.4, 0.5) is 0 Å². The van der Waals surface area contributed by atoms with Crippen LogP contribution in [-0.2, 0) is 6.54 Å². The fourth-order valence-corrected chi connectivity index (χ4v) is 5.00. The molecule has 1 aromatic carbocycles. The Kier molecular flexibility index (Phi) is 4.95. The third-order valence-corrected chi connectivity index (χ3v) is 6.77. The number of nitrogens with one attached hydrogen (secondary N) is 1. The Balaban J connectivity index is 1.35. The summed E-state index contributed by atoms with van der Waals surface area (Å²) in [6.45, 7) is 7.34. The number of aryl methyl sites for hydroxylation is 2. The highest BCUT2D eigenvalue weighted by Crippen LogP contribution is 2.32. The van der Waals surface area contributed by atoms with Gasteiger partial charge in [0.2, 0.25) is 0 Å². The second kappa shape index (κ2) is 8.12. The molecule has 0 aliphatic carbocycles. The molecule has 0 saturated carbocycles. The second-order valence-corrected chi connectivity index (χ2v) is 9.09. The minimum absolute atomic E-state index is 0.780. The van der Waals surface area contributed by atoms with Crippen LogP contribution in [0.3, 0.4) is 0 Å². The fourth-order valence-electron chi connectivity index (χ4n) is 5.00. The molecule has 1 aliphatic rings. The van der Waals surface area contributed by atoms with Crippen molar-refractivity contribution in [3.63, 3.8) is 0 Å². The number of rotatable bonds is 4. The van der Waals surface area contributed by atoms with E-state index in [2.05, 4.69) is 56.4 Å². The van der Waals surface area contributed by atoms with Crippen molar-refractivity contribution in [3.05, 3.63) is 65.8 Å². The first-order valence-corrected chi connectivity index (χ1v) is 11.7. The van der Waals surface area contributed by atoms with Crippen molar-refractivity contribution in [1.29, 1.82) is 0 Å². The molecule has 6 rings (SSSR count). The van der Waals surface area contributed by atoms with Gasteiger partial charge in [-0.3, -0.25) is 9.88 Å². The van der Waals surface area contributed by atoms with Crippen molar-refractivity contribution in [2.24, 2.45) is 0 Å². The molecule has 6 nitrogen and oxygen atoms in total. The lowest BCUT2D eigenvalue weighted by atomic mass is 10.0. The first kappa shape index (κ1) is 20.1. The Morgan fingerprint density at radius 1 is 0.909 bits per heavy atom. The number of aromatic amines is 1. The predicted octanol–water partition coefficient (Wildman–Crippen LogP) is 6.04. The summed E-state index contributed by atoms with van der Waals surface area (Å²) in [6.07, 6.45) is 7.82. The van der Waals surface area contributed by atoms with E-state index in [1.807, 2.05) is 26.2 Å². The summed E-state index contributed by atoms with van der Waals surface area (Å²) in [7, 11) is 0. The van der Waals surface area contributed by atoms with E-state index in [1.165, 1.54) is 43.5 Å². The van der Waals surface area contributed by atoms with Gasteiger partial charge in [0.1, 0.15) is 11.4 Å². The van der Waals surface area contributed by atoms with Gasteiger partial charge < -0.3 is 9.51 Å². The van der Waals surface area contributed by atoms with Crippen molar-refractivity contribution in [3.8, 4) is 22.4 Å². The molecule has 166 valence electrons. The number of nitrogens with zero attached hydrogens (tertiary/aromatic N) is 4. The Hall–Kier alpha value is -3.51. The van der Waals surface area contributed by atoms with Gasteiger partial charge in [-0.1, -0.05) is 35.8 Å². The molecule has 1 N–H and O–H groups in total. The smallest absolute Gasteiger partial charge is 0.143 e. The van der Waals surface area contributed by atoms with Crippen LogP contribution in [0, 0.1) is 13.8 Å². The standard InChI is InChI=1S/C27H27N5O/c1-17-26(18(2)33-31-17)24-13-22-23-12-21(14-29-27(23)30-25(22)15-28-24)20-8-6-19(7-9-20)16-32-10-4-3-5-11-32/h6-9,12-15H,3-5,10-11,16H2,1-2H3,(H,29,30). The molecule has 6 heteroatoms. The van der Waals surface area contributed by atoms with E-state index in [0.717, 1.165) is 56.8 Å². The number of aromatic nitrogens is 4. The van der Waals surface area contributed by atoms with Crippen LogP contribution >= 0.6 is 0 Å². The summed E-state index contributed by atoms with van der Waals surface area (Å²) in [5, 5.41) is 6.28. The van der Waals surface area contributed by atoms with E-state index in [9.17, 15) is 0 Å². The molecule has 0 radical (unpaired) electrons. The van der Waals surface area contributed by atoms with Crippen LogP contribution < -0.4 is 0 Å². The summed E-state index contributed by atoms with van der Waals surface area (Å²) in [5.74, 6) is 0.780. The molecule has 1 saturated heterocycles. The molecule has 1 aliphatic heterocycles. The summed E-state index contributed by atoms with van der Waals surface area (Å²) in [4.78, 5) is 15.3. The molecule has 0 bridgehead atoms. The van der Waals surface area contributed by atoms with Gasteiger partial charge in [-0.05, 0) is 63.0 Å². The number of piperidine rings is 1. The third kappa shape index (κ3) is 3.70. The van der Waals surface area contributed by atoms with Crippen LogP contribution in [0.15, 0.2) is 53.3 Å².